The summed E-state index contributed by atoms with van der Waals surface area (Å²) in [6.45, 7) is 5.17. The summed E-state index contributed by atoms with van der Waals surface area (Å²) in [5, 5.41) is 0. The SMILES string of the molecule is Nc1ccc(F)cc1CN1CCN(C2CCCC2)CC1. The maximum absolute atomic E-state index is 13.3. The van der Waals surface area contributed by atoms with Gasteiger partial charge in [-0.1, -0.05) is 12.8 Å². The Morgan fingerprint density at radius 2 is 1.80 bits per heavy atom. The Morgan fingerprint density at radius 1 is 1.10 bits per heavy atom. The molecule has 0 bridgehead atoms. The Bertz CT molecular complexity index is 449. The molecule has 1 heterocycles. The van der Waals surface area contributed by atoms with Crippen LogP contribution in [-0.4, -0.2) is 42.0 Å². The summed E-state index contributed by atoms with van der Waals surface area (Å²) in [6, 6.07) is 5.48. The van der Waals surface area contributed by atoms with Gasteiger partial charge in [0.25, 0.3) is 0 Å². The van der Waals surface area contributed by atoms with Crippen LogP contribution >= 0.6 is 0 Å². The fourth-order valence-electron chi connectivity index (χ4n) is 3.51. The zero-order valence-corrected chi connectivity index (χ0v) is 12.0. The summed E-state index contributed by atoms with van der Waals surface area (Å²) in [5.74, 6) is -0.196. The molecule has 0 radical (unpaired) electrons. The minimum Gasteiger partial charge on any atom is -0.398 e. The molecule has 1 aliphatic heterocycles. The first-order chi connectivity index (χ1) is 9.72. The van der Waals surface area contributed by atoms with Gasteiger partial charge in [0.1, 0.15) is 5.82 Å². The van der Waals surface area contributed by atoms with Crippen molar-refractivity contribution in [1.82, 2.24) is 9.80 Å². The zero-order valence-electron chi connectivity index (χ0n) is 12.0. The summed E-state index contributed by atoms with van der Waals surface area (Å²) >= 11 is 0. The van der Waals surface area contributed by atoms with Crippen LogP contribution in [0.5, 0.6) is 0 Å². The van der Waals surface area contributed by atoms with E-state index in [9.17, 15) is 4.39 Å². The van der Waals surface area contributed by atoms with Crippen molar-refractivity contribution in [3.63, 3.8) is 0 Å². The summed E-state index contributed by atoms with van der Waals surface area (Å²) in [6.07, 6.45) is 5.53. The van der Waals surface area contributed by atoms with Gasteiger partial charge in [0.05, 0.1) is 0 Å². The van der Waals surface area contributed by atoms with Crippen LogP contribution in [0.2, 0.25) is 0 Å². The molecule has 0 spiro atoms. The summed E-state index contributed by atoms with van der Waals surface area (Å²) in [4.78, 5) is 5.02. The minimum absolute atomic E-state index is 0.196. The third kappa shape index (κ3) is 3.13. The summed E-state index contributed by atoms with van der Waals surface area (Å²) < 4.78 is 13.3. The lowest BCUT2D eigenvalue weighted by Crippen LogP contribution is -2.49. The van der Waals surface area contributed by atoms with Crippen LogP contribution in [0.1, 0.15) is 31.2 Å². The minimum atomic E-state index is -0.196. The van der Waals surface area contributed by atoms with Crippen molar-refractivity contribution in [2.45, 2.75) is 38.3 Å². The molecule has 2 fully saturated rings. The Labute approximate surface area is 120 Å². The highest BCUT2D eigenvalue weighted by Gasteiger charge is 2.26. The van der Waals surface area contributed by atoms with Crippen molar-refractivity contribution in [3.05, 3.63) is 29.6 Å². The van der Waals surface area contributed by atoms with E-state index in [4.69, 9.17) is 5.73 Å². The van der Waals surface area contributed by atoms with E-state index in [1.165, 1.54) is 31.7 Å². The van der Waals surface area contributed by atoms with Gasteiger partial charge in [-0.2, -0.15) is 0 Å². The number of piperazine rings is 1. The normalized spacial score (nSPS) is 22.4. The van der Waals surface area contributed by atoms with Crippen LogP contribution < -0.4 is 5.73 Å². The lowest BCUT2D eigenvalue weighted by atomic mass is 10.1. The molecule has 0 unspecified atom stereocenters. The molecule has 110 valence electrons. The van der Waals surface area contributed by atoms with E-state index in [0.717, 1.165) is 44.3 Å². The van der Waals surface area contributed by atoms with Crippen molar-refractivity contribution in [2.24, 2.45) is 0 Å². The predicted octanol–water partition coefficient (Wildman–Crippen LogP) is 2.47. The number of nitrogens with zero attached hydrogens (tertiary/aromatic N) is 2. The lowest BCUT2D eigenvalue weighted by molar-refractivity contribution is 0.0938. The lowest BCUT2D eigenvalue weighted by Gasteiger charge is -2.38. The molecule has 3 rings (SSSR count). The quantitative estimate of drug-likeness (QED) is 0.862. The van der Waals surface area contributed by atoms with Crippen LogP contribution in [0.4, 0.5) is 10.1 Å². The number of rotatable bonds is 3. The number of hydrogen-bond donors (Lipinski definition) is 1. The van der Waals surface area contributed by atoms with E-state index < -0.39 is 0 Å². The third-order valence-corrected chi connectivity index (χ3v) is 4.75. The maximum atomic E-state index is 13.3. The molecule has 20 heavy (non-hydrogen) atoms. The first-order valence-electron chi connectivity index (χ1n) is 7.73. The Hall–Kier alpha value is -1.13. The average molecular weight is 277 g/mol. The Morgan fingerprint density at radius 3 is 2.50 bits per heavy atom. The highest BCUT2D eigenvalue weighted by Crippen LogP contribution is 2.25. The Kier molecular flexibility index (Phi) is 4.22. The van der Waals surface area contributed by atoms with Gasteiger partial charge in [0, 0.05) is 44.5 Å². The monoisotopic (exact) mass is 277 g/mol. The molecule has 0 atom stereocenters. The molecule has 2 N–H and O–H groups in total. The molecule has 0 aromatic heterocycles. The van der Waals surface area contributed by atoms with Crippen molar-refractivity contribution in [1.29, 1.82) is 0 Å². The second-order valence-corrected chi connectivity index (χ2v) is 6.09. The second kappa shape index (κ2) is 6.10. The van der Waals surface area contributed by atoms with Crippen molar-refractivity contribution in [2.75, 3.05) is 31.9 Å². The fraction of sp³-hybridized carbons (Fsp3) is 0.625. The van der Waals surface area contributed by atoms with Gasteiger partial charge in [-0.25, -0.2) is 4.39 Å². The molecular weight excluding hydrogens is 253 g/mol. The van der Waals surface area contributed by atoms with Gasteiger partial charge in [-0.05, 0) is 36.6 Å². The van der Waals surface area contributed by atoms with E-state index >= 15 is 0 Å². The average Bonchev–Trinajstić information content (AvgIpc) is 2.98. The van der Waals surface area contributed by atoms with E-state index in [1.807, 2.05) is 0 Å². The van der Waals surface area contributed by atoms with Crippen LogP contribution in [0.15, 0.2) is 18.2 Å². The maximum Gasteiger partial charge on any atom is 0.123 e. The van der Waals surface area contributed by atoms with Gasteiger partial charge in [-0.3, -0.25) is 9.80 Å². The van der Waals surface area contributed by atoms with Crippen molar-refractivity contribution in [3.8, 4) is 0 Å². The van der Waals surface area contributed by atoms with Crippen LogP contribution in [-0.2, 0) is 6.54 Å². The van der Waals surface area contributed by atoms with Crippen LogP contribution in [0, 0.1) is 5.82 Å². The topological polar surface area (TPSA) is 32.5 Å². The first kappa shape index (κ1) is 13.8. The summed E-state index contributed by atoms with van der Waals surface area (Å²) in [5.41, 5.74) is 7.54. The first-order valence-corrected chi connectivity index (χ1v) is 7.73. The highest BCUT2D eigenvalue weighted by molar-refractivity contribution is 5.46. The standard InChI is InChI=1S/C16H24FN3/c17-14-5-6-16(18)13(11-14)12-19-7-9-20(10-8-19)15-3-1-2-4-15/h5-6,11,15H,1-4,7-10,12,18H2. The van der Waals surface area contributed by atoms with E-state index in [2.05, 4.69) is 9.80 Å². The molecule has 1 aliphatic carbocycles. The highest BCUT2D eigenvalue weighted by atomic mass is 19.1. The molecule has 1 saturated heterocycles. The van der Waals surface area contributed by atoms with Crippen LogP contribution in [0.25, 0.3) is 0 Å². The predicted molar refractivity (Wildman–Crippen MR) is 79.9 cm³/mol. The molecule has 1 aromatic rings. The van der Waals surface area contributed by atoms with E-state index in [1.54, 1.807) is 12.1 Å². The van der Waals surface area contributed by atoms with Gasteiger partial charge >= 0.3 is 0 Å². The van der Waals surface area contributed by atoms with Gasteiger partial charge in [0.15, 0.2) is 0 Å². The molecule has 2 aliphatic rings. The molecule has 3 nitrogen and oxygen atoms in total. The molecule has 4 heteroatoms. The third-order valence-electron chi connectivity index (χ3n) is 4.75. The number of anilines is 1. The van der Waals surface area contributed by atoms with Crippen molar-refractivity contribution < 1.29 is 4.39 Å². The molecular formula is C16H24FN3. The molecule has 1 aromatic carbocycles. The van der Waals surface area contributed by atoms with Gasteiger partial charge < -0.3 is 5.73 Å². The van der Waals surface area contributed by atoms with E-state index in [0.29, 0.717) is 5.69 Å². The van der Waals surface area contributed by atoms with Crippen LogP contribution in [0.3, 0.4) is 0 Å². The zero-order chi connectivity index (χ0) is 13.9. The number of hydrogen-bond acceptors (Lipinski definition) is 3. The molecule has 1 saturated carbocycles. The van der Waals surface area contributed by atoms with Gasteiger partial charge in [0.2, 0.25) is 0 Å². The number of nitrogens with two attached hydrogens (primary N) is 1. The van der Waals surface area contributed by atoms with Gasteiger partial charge in [-0.15, -0.1) is 0 Å². The van der Waals surface area contributed by atoms with Crippen molar-refractivity contribution >= 4 is 5.69 Å². The second-order valence-electron chi connectivity index (χ2n) is 6.09. The smallest absolute Gasteiger partial charge is 0.123 e. The number of halogens is 1. The summed E-state index contributed by atoms with van der Waals surface area (Å²) in [7, 11) is 0. The number of nitrogen functional groups attached to an aromatic ring is 1. The molecule has 0 amide bonds. The Balaban J connectivity index is 1.54. The largest absolute Gasteiger partial charge is 0.398 e. The fourth-order valence-corrected chi connectivity index (χ4v) is 3.51. The number of benzene rings is 1. The van der Waals surface area contributed by atoms with E-state index in [-0.39, 0.29) is 5.82 Å².